The molecule has 32 heavy (non-hydrogen) atoms. The van der Waals surface area contributed by atoms with Crippen molar-refractivity contribution in [2.75, 3.05) is 11.4 Å². The number of aryl methyl sites for hydroxylation is 2. The summed E-state index contributed by atoms with van der Waals surface area (Å²) in [6.07, 6.45) is 0.205. The second-order valence-electron chi connectivity index (χ2n) is 9.03. The van der Waals surface area contributed by atoms with Gasteiger partial charge in [-0.2, -0.15) is 5.10 Å². The summed E-state index contributed by atoms with van der Waals surface area (Å²) in [6.45, 7) is 10.8. The molecular formula is C27H31N3O2. The third kappa shape index (κ3) is 3.77. The van der Waals surface area contributed by atoms with Crippen LogP contribution in [0.2, 0.25) is 0 Å². The van der Waals surface area contributed by atoms with Crippen LogP contribution in [-0.2, 0) is 4.79 Å². The number of amides is 1. The lowest BCUT2D eigenvalue weighted by Gasteiger charge is -2.39. The average Bonchev–Trinajstić information content (AvgIpc) is 3.11. The van der Waals surface area contributed by atoms with Gasteiger partial charge in [0.25, 0.3) is 0 Å². The van der Waals surface area contributed by atoms with E-state index in [1.165, 1.54) is 0 Å². The first kappa shape index (κ1) is 22.0. The average molecular weight is 430 g/mol. The quantitative estimate of drug-likeness (QED) is 0.487. The van der Waals surface area contributed by atoms with E-state index >= 15 is 0 Å². The van der Waals surface area contributed by atoms with Crippen LogP contribution < -0.4 is 4.90 Å². The van der Waals surface area contributed by atoms with Crippen LogP contribution in [0.25, 0.3) is 5.69 Å². The van der Waals surface area contributed by atoms with E-state index in [9.17, 15) is 9.59 Å². The first-order valence-corrected chi connectivity index (χ1v) is 11.4. The molecule has 1 amide bonds. The van der Waals surface area contributed by atoms with Crippen molar-refractivity contribution in [3.05, 3.63) is 77.0 Å². The Balaban J connectivity index is 1.81. The highest BCUT2D eigenvalue weighted by Gasteiger charge is 2.45. The summed E-state index contributed by atoms with van der Waals surface area (Å²) in [5, 5.41) is 4.85. The number of hydrogen-bond acceptors (Lipinski definition) is 3. The van der Waals surface area contributed by atoms with E-state index in [1.54, 1.807) is 0 Å². The molecule has 1 aliphatic heterocycles. The highest BCUT2D eigenvalue weighted by Crippen LogP contribution is 2.47. The van der Waals surface area contributed by atoms with Crippen LogP contribution in [0.1, 0.15) is 60.3 Å². The number of anilines is 1. The van der Waals surface area contributed by atoms with Crippen LogP contribution in [0.15, 0.2) is 54.6 Å². The largest absolute Gasteiger partial charge is 0.296 e. The van der Waals surface area contributed by atoms with Crippen molar-refractivity contribution in [2.45, 2.75) is 47.0 Å². The minimum atomic E-state index is -0.400. The van der Waals surface area contributed by atoms with Crippen LogP contribution in [0.5, 0.6) is 0 Å². The van der Waals surface area contributed by atoms with Crippen molar-refractivity contribution in [3.8, 4) is 5.69 Å². The van der Waals surface area contributed by atoms with E-state index in [0.29, 0.717) is 12.1 Å². The van der Waals surface area contributed by atoms with Gasteiger partial charge in [-0.25, -0.2) is 4.68 Å². The zero-order chi connectivity index (χ0) is 23.0. The number of carbonyl (C=O) groups excluding carboxylic acids is 2. The fourth-order valence-corrected chi connectivity index (χ4v) is 5.04. The van der Waals surface area contributed by atoms with E-state index in [2.05, 4.69) is 13.8 Å². The van der Waals surface area contributed by atoms with Crippen molar-refractivity contribution in [1.29, 1.82) is 0 Å². The van der Waals surface area contributed by atoms with E-state index in [0.717, 1.165) is 28.3 Å². The van der Waals surface area contributed by atoms with Crippen LogP contribution in [0.4, 0.5) is 5.82 Å². The Kier molecular flexibility index (Phi) is 6.00. The molecule has 0 N–H and O–H groups in total. The summed E-state index contributed by atoms with van der Waals surface area (Å²) >= 11 is 0. The predicted octanol–water partition coefficient (Wildman–Crippen LogP) is 5.48. The number of nitrogens with zero attached hydrogens (tertiary/aromatic N) is 3. The standard InChI is InChI=1S/C27H31N3O2/c1-6-29-26-25(19(5)28-30(26)21-13-8-7-9-14-21)24(17(2)3)22(27(29)32)16-23(31)20-12-10-11-18(4)15-20/h7-15,17,22,24H,6,16H2,1-5H3/t22-,24+/m0/s1. The monoisotopic (exact) mass is 429 g/mol. The minimum Gasteiger partial charge on any atom is -0.296 e. The molecule has 2 atom stereocenters. The smallest absolute Gasteiger partial charge is 0.232 e. The molecule has 2 aromatic carbocycles. The third-order valence-corrected chi connectivity index (χ3v) is 6.47. The third-order valence-electron chi connectivity index (χ3n) is 6.47. The van der Waals surface area contributed by atoms with Crippen molar-refractivity contribution >= 4 is 17.5 Å². The SMILES string of the molecule is CCN1C(=O)[C@@H](CC(=O)c2cccc(C)c2)[C@@H](C(C)C)c2c(C)nn(-c3ccccc3)c21. The van der Waals surface area contributed by atoms with Gasteiger partial charge >= 0.3 is 0 Å². The summed E-state index contributed by atoms with van der Waals surface area (Å²) < 4.78 is 1.89. The van der Waals surface area contributed by atoms with Gasteiger partial charge < -0.3 is 0 Å². The normalized spacial score (nSPS) is 18.2. The van der Waals surface area contributed by atoms with E-state index in [-0.39, 0.29) is 29.9 Å². The van der Waals surface area contributed by atoms with Crippen molar-refractivity contribution in [2.24, 2.45) is 11.8 Å². The Hall–Kier alpha value is -3.21. The van der Waals surface area contributed by atoms with Gasteiger partial charge in [0.1, 0.15) is 5.82 Å². The van der Waals surface area contributed by atoms with Gasteiger partial charge in [0.15, 0.2) is 5.78 Å². The number of ketones is 1. The number of hydrogen-bond donors (Lipinski definition) is 0. The summed E-state index contributed by atoms with van der Waals surface area (Å²) in [4.78, 5) is 28.8. The number of fused-ring (bicyclic) bond motifs is 1. The Labute approximate surface area is 190 Å². The highest BCUT2D eigenvalue weighted by molar-refractivity contribution is 6.04. The molecule has 0 saturated carbocycles. The second-order valence-corrected chi connectivity index (χ2v) is 9.03. The molecule has 0 fully saturated rings. The van der Waals surface area contributed by atoms with E-state index in [4.69, 9.17) is 5.10 Å². The fourth-order valence-electron chi connectivity index (χ4n) is 5.04. The maximum absolute atomic E-state index is 13.8. The number of aromatic nitrogens is 2. The zero-order valence-corrected chi connectivity index (χ0v) is 19.5. The number of Topliss-reactive ketones (excluding diaryl/α,β-unsaturated/α-hetero) is 1. The Morgan fingerprint density at radius 3 is 2.41 bits per heavy atom. The molecule has 0 bridgehead atoms. The molecule has 1 aliphatic rings. The van der Waals surface area contributed by atoms with E-state index in [1.807, 2.05) is 85.0 Å². The first-order chi connectivity index (χ1) is 15.3. The van der Waals surface area contributed by atoms with Crippen LogP contribution >= 0.6 is 0 Å². The molecule has 0 spiro atoms. The molecule has 5 heteroatoms. The fraction of sp³-hybridized carbons (Fsp3) is 0.370. The van der Waals surface area contributed by atoms with Crippen molar-refractivity contribution in [3.63, 3.8) is 0 Å². The molecule has 0 saturated heterocycles. The Bertz CT molecular complexity index is 1150. The predicted molar refractivity (Wildman–Crippen MR) is 128 cm³/mol. The molecule has 0 unspecified atom stereocenters. The van der Waals surface area contributed by atoms with Crippen LogP contribution in [0.3, 0.4) is 0 Å². The number of benzene rings is 2. The zero-order valence-electron chi connectivity index (χ0n) is 19.5. The summed E-state index contributed by atoms with van der Waals surface area (Å²) in [5.41, 5.74) is 4.66. The van der Waals surface area contributed by atoms with Gasteiger partial charge in [0, 0.05) is 30.0 Å². The maximum atomic E-state index is 13.8. The molecule has 166 valence electrons. The Morgan fingerprint density at radius 2 is 1.78 bits per heavy atom. The topological polar surface area (TPSA) is 55.2 Å². The van der Waals surface area contributed by atoms with Gasteiger partial charge in [-0.05, 0) is 44.9 Å². The number of para-hydroxylation sites is 1. The highest BCUT2D eigenvalue weighted by atomic mass is 16.2. The molecule has 2 heterocycles. The summed E-state index contributed by atoms with van der Waals surface area (Å²) in [5.74, 6) is 0.606. The molecule has 5 nitrogen and oxygen atoms in total. The molecule has 3 aromatic rings. The number of carbonyl (C=O) groups is 2. The Morgan fingerprint density at radius 1 is 1.06 bits per heavy atom. The van der Waals surface area contributed by atoms with E-state index < -0.39 is 5.92 Å². The first-order valence-electron chi connectivity index (χ1n) is 11.4. The lowest BCUT2D eigenvalue weighted by molar-refractivity contribution is -0.124. The number of rotatable bonds is 6. The van der Waals surface area contributed by atoms with Gasteiger partial charge in [-0.15, -0.1) is 0 Å². The lowest BCUT2D eigenvalue weighted by atomic mass is 9.72. The molecule has 1 aromatic heterocycles. The molecule has 0 aliphatic carbocycles. The second kappa shape index (κ2) is 8.73. The van der Waals surface area contributed by atoms with Crippen LogP contribution in [0, 0.1) is 25.7 Å². The molecule has 4 rings (SSSR count). The summed E-state index contributed by atoms with van der Waals surface area (Å²) in [6, 6.07) is 17.5. The molecule has 0 radical (unpaired) electrons. The van der Waals surface area contributed by atoms with Crippen LogP contribution in [-0.4, -0.2) is 28.0 Å². The van der Waals surface area contributed by atoms with Gasteiger partial charge in [0.2, 0.25) is 5.91 Å². The lowest BCUT2D eigenvalue weighted by Crippen LogP contribution is -2.46. The van der Waals surface area contributed by atoms with Gasteiger partial charge in [-0.3, -0.25) is 14.5 Å². The summed E-state index contributed by atoms with van der Waals surface area (Å²) in [7, 11) is 0. The van der Waals surface area contributed by atoms with Crippen molar-refractivity contribution in [1.82, 2.24) is 9.78 Å². The van der Waals surface area contributed by atoms with Gasteiger partial charge in [0.05, 0.1) is 17.3 Å². The maximum Gasteiger partial charge on any atom is 0.232 e. The minimum absolute atomic E-state index is 0.0109. The molecular weight excluding hydrogens is 398 g/mol. The van der Waals surface area contributed by atoms with Gasteiger partial charge in [-0.1, -0.05) is 55.8 Å². The van der Waals surface area contributed by atoms with Crippen molar-refractivity contribution < 1.29 is 9.59 Å².